The number of hydrogen-bond donors (Lipinski definition) is 4. The molecule has 2 amide bonds. The Hall–Kier alpha value is -3.43. The van der Waals surface area contributed by atoms with Gasteiger partial charge in [-0.3, -0.25) is 15.0 Å². The molecule has 1 atom stereocenters. The molecule has 0 aliphatic heterocycles. The summed E-state index contributed by atoms with van der Waals surface area (Å²) in [5.74, 6) is 1.22. The Bertz CT molecular complexity index is 892. The molecule has 3 aromatic rings. The third kappa shape index (κ3) is 4.10. The average molecular weight is 342 g/mol. The molecule has 0 bridgehead atoms. The maximum absolute atomic E-state index is 12.3. The number of amides is 2. The van der Waals surface area contributed by atoms with Crippen LogP contribution in [0.4, 0.5) is 10.7 Å². The van der Waals surface area contributed by atoms with Gasteiger partial charge in [-0.1, -0.05) is 30.3 Å². The van der Waals surface area contributed by atoms with Crippen LogP contribution in [0.5, 0.6) is 0 Å². The second-order valence-electron chi connectivity index (χ2n) is 5.51. The second-order valence-corrected chi connectivity index (χ2v) is 5.51. The molecule has 1 aromatic carbocycles. The van der Waals surface area contributed by atoms with Crippen LogP contribution in [0.15, 0.2) is 35.1 Å². The van der Waals surface area contributed by atoms with E-state index in [4.69, 9.17) is 0 Å². The van der Waals surface area contributed by atoms with Crippen molar-refractivity contribution in [2.45, 2.75) is 19.4 Å². The van der Waals surface area contributed by atoms with Gasteiger partial charge in [-0.2, -0.15) is 10.1 Å². The molecule has 4 N–H and O–H groups in total. The van der Waals surface area contributed by atoms with Gasteiger partial charge in [0.2, 0.25) is 5.95 Å². The second kappa shape index (κ2) is 6.99. The van der Waals surface area contributed by atoms with E-state index in [-0.39, 0.29) is 5.95 Å². The molecule has 2 heterocycles. The molecule has 0 spiro atoms. The first kappa shape index (κ1) is 16.4. The van der Waals surface area contributed by atoms with Gasteiger partial charge in [-0.05, 0) is 12.5 Å². The van der Waals surface area contributed by atoms with Crippen molar-refractivity contribution in [2.24, 2.45) is 7.05 Å². The van der Waals surface area contributed by atoms with E-state index in [9.17, 15) is 9.59 Å². The highest BCUT2D eigenvalue weighted by Gasteiger charge is 2.19. The van der Waals surface area contributed by atoms with Crippen LogP contribution < -0.4 is 16.3 Å². The van der Waals surface area contributed by atoms with E-state index >= 15 is 0 Å². The minimum atomic E-state index is -0.522. The van der Waals surface area contributed by atoms with Crippen molar-refractivity contribution >= 4 is 12.0 Å². The van der Waals surface area contributed by atoms with Crippen molar-refractivity contribution in [3.63, 3.8) is 0 Å². The lowest BCUT2D eigenvalue weighted by Gasteiger charge is -2.16. The van der Waals surface area contributed by atoms with Gasteiger partial charge in [0, 0.05) is 13.5 Å². The molecule has 0 radical (unpaired) electrons. The van der Waals surface area contributed by atoms with Crippen LogP contribution in [0.3, 0.4) is 0 Å². The van der Waals surface area contributed by atoms with Gasteiger partial charge < -0.3 is 5.32 Å². The normalized spacial score (nSPS) is 11.9. The lowest BCUT2D eigenvalue weighted by atomic mass is 10.1. The largest absolute Gasteiger partial charge is 0.340 e. The maximum Gasteiger partial charge on any atom is 0.340 e. The number of aromatic amines is 2. The first-order valence-corrected chi connectivity index (χ1v) is 7.65. The highest BCUT2D eigenvalue weighted by Crippen LogP contribution is 2.14. The Morgan fingerprint density at radius 1 is 1.32 bits per heavy atom. The predicted octanol–water partition coefficient (Wildman–Crippen LogP) is 0.640. The molecule has 130 valence electrons. The monoisotopic (exact) mass is 342 g/mol. The Morgan fingerprint density at radius 3 is 2.68 bits per heavy atom. The molecule has 25 heavy (non-hydrogen) atoms. The van der Waals surface area contributed by atoms with Gasteiger partial charge in [-0.25, -0.2) is 14.7 Å². The predicted molar refractivity (Wildman–Crippen MR) is 90.0 cm³/mol. The number of carbonyl (C=O) groups is 1. The standard InChI is InChI=1S/C15H18N8O2/c1-9-16-13(22-23(9)2)19-14(24)17-11(12-18-15(25)21-20-12)8-10-6-4-3-5-7-10/h3-7,11H,8H2,1-2H3,(H2,17,19,22,24)(H2,18,20,21,25)/t11-/m0/s1. The molecule has 10 nitrogen and oxygen atoms in total. The zero-order valence-electron chi connectivity index (χ0n) is 13.8. The van der Waals surface area contributed by atoms with E-state index < -0.39 is 17.8 Å². The summed E-state index contributed by atoms with van der Waals surface area (Å²) >= 11 is 0. The van der Waals surface area contributed by atoms with E-state index in [0.29, 0.717) is 18.1 Å². The minimum Gasteiger partial charge on any atom is -0.327 e. The first-order chi connectivity index (χ1) is 12.0. The summed E-state index contributed by atoms with van der Waals surface area (Å²) in [7, 11) is 1.73. The van der Waals surface area contributed by atoms with Crippen LogP contribution in [0.2, 0.25) is 0 Å². The van der Waals surface area contributed by atoms with Crippen molar-refractivity contribution in [3.8, 4) is 0 Å². The summed E-state index contributed by atoms with van der Waals surface area (Å²) in [4.78, 5) is 30.3. The fourth-order valence-electron chi connectivity index (χ4n) is 2.33. The topological polar surface area (TPSA) is 133 Å². The van der Waals surface area contributed by atoms with Gasteiger partial charge in [0.15, 0.2) is 5.82 Å². The number of benzene rings is 1. The van der Waals surface area contributed by atoms with Crippen molar-refractivity contribution in [2.75, 3.05) is 5.32 Å². The molecule has 0 saturated carbocycles. The van der Waals surface area contributed by atoms with E-state index in [1.165, 1.54) is 0 Å². The van der Waals surface area contributed by atoms with E-state index in [1.54, 1.807) is 18.7 Å². The number of H-pyrrole nitrogens is 2. The van der Waals surface area contributed by atoms with Crippen molar-refractivity contribution in [1.29, 1.82) is 0 Å². The number of nitrogens with one attached hydrogen (secondary N) is 4. The summed E-state index contributed by atoms with van der Waals surface area (Å²) in [6, 6.07) is 8.56. The molecule has 10 heteroatoms. The van der Waals surface area contributed by atoms with E-state index in [0.717, 1.165) is 5.56 Å². The van der Waals surface area contributed by atoms with Crippen molar-refractivity contribution < 1.29 is 4.79 Å². The third-order valence-corrected chi connectivity index (χ3v) is 3.64. The SMILES string of the molecule is Cc1nc(NC(=O)N[C@@H](Cc2ccccc2)c2n[nH]c(=O)[nH]2)nn1C. The van der Waals surface area contributed by atoms with Crippen LogP contribution in [0.25, 0.3) is 0 Å². The highest BCUT2D eigenvalue weighted by molar-refractivity contribution is 5.87. The number of aromatic nitrogens is 6. The van der Waals surface area contributed by atoms with Gasteiger partial charge in [-0.15, -0.1) is 5.10 Å². The molecule has 0 fully saturated rings. The number of rotatable bonds is 5. The molecule has 2 aromatic heterocycles. The molecule has 0 aliphatic rings. The van der Waals surface area contributed by atoms with Crippen LogP contribution in [-0.2, 0) is 13.5 Å². The Balaban J connectivity index is 1.74. The summed E-state index contributed by atoms with van der Waals surface area (Å²) in [5.41, 5.74) is 0.556. The molecule has 3 rings (SSSR count). The quantitative estimate of drug-likeness (QED) is 0.540. The Labute approximate surface area is 142 Å². The molecular weight excluding hydrogens is 324 g/mol. The molecular formula is C15H18N8O2. The van der Waals surface area contributed by atoms with Crippen LogP contribution in [0.1, 0.15) is 23.3 Å². The van der Waals surface area contributed by atoms with Crippen LogP contribution in [0, 0.1) is 6.92 Å². The number of aryl methyl sites for hydroxylation is 2. The fraction of sp³-hybridized carbons (Fsp3) is 0.267. The Morgan fingerprint density at radius 2 is 2.08 bits per heavy atom. The Kier molecular flexibility index (Phi) is 4.59. The summed E-state index contributed by atoms with van der Waals surface area (Å²) in [5, 5.41) is 15.7. The summed E-state index contributed by atoms with van der Waals surface area (Å²) in [6.07, 6.45) is 0.462. The summed E-state index contributed by atoms with van der Waals surface area (Å²) in [6.45, 7) is 1.78. The number of urea groups is 1. The number of hydrogen-bond acceptors (Lipinski definition) is 5. The van der Waals surface area contributed by atoms with Gasteiger partial charge in [0.05, 0.1) is 6.04 Å². The zero-order chi connectivity index (χ0) is 17.8. The van der Waals surface area contributed by atoms with Gasteiger partial charge >= 0.3 is 11.7 Å². The molecule has 0 aliphatic carbocycles. The zero-order valence-corrected chi connectivity index (χ0v) is 13.8. The van der Waals surface area contributed by atoms with Crippen LogP contribution >= 0.6 is 0 Å². The van der Waals surface area contributed by atoms with E-state index in [2.05, 4.69) is 35.9 Å². The molecule has 0 saturated heterocycles. The van der Waals surface area contributed by atoms with Crippen LogP contribution in [-0.4, -0.2) is 36.0 Å². The lowest BCUT2D eigenvalue weighted by Crippen LogP contribution is -2.34. The number of nitrogens with zero attached hydrogens (tertiary/aromatic N) is 4. The smallest absolute Gasteiger partial charge is 0.327 e. The summed E-state index contributed by atoms with van der Waals surface area (Å²) < 4.78 is 1.56. The van der Waals surface area contributed by atoms with E-state index in [1.807, 2.05) is 30.3 Å². The average Bonchev–Trinajstić information content (AvgIpc) is 3.13. The fourth-order valence-corrected chi connectivity index (χ4v) is 2.33. The van der Waals surface area contributed by atoms with Gasteiger partial charge in [0.25, 0.3) is 0 Å². The first-order valence-electron chi connectivity index (χ1n) is 7.65. The lowest BCUT2D eigenvalue weighted by molar-refractivity contribution is 0.247. The highest BCUT2D eigenvalue weighted by atomic mass is 16.2. The number of carbonyl (C=O) groups excluding carboxylic acids is 1. The van der Waals surface area contributed by atoms with Crippen molar-refractivity contribution in [3.05, 3.63) is 58.0 Å². The van der Waals surface area contributed by atoms with Gasteiger partial charge in [0.1, 0.15) is 5.82 Å². The molecule has 0 unspecified atom stereocenters. The maximum atomic E-state index is 12.3. The third-order valence-electron chi connectivity index (χ3n) is 3.64. The number of anilines is 1. The minimum absolute atomic E-state index is 0.200. The van der Waals surface area contributed by atoms with Crippen molar-refractivity contribution in [1.82, 2.24) is 35.3 Å².